The van der Waals surface area contributed by atoms with Gasteiger partial charge in [-0.25, -0.2) is 9.67 Å². The molecule has 0 atom stereocenters. The first-order chi connectivity index (χ1) is 23.9. The number of aromatic nitrogens is 4. The summed E-state index contributed by atoms with van der Waals surface area (Å²) >= 11 is 0. The van der Waals surface area contributed by atoms with E-state index in [4.69, 9.17) is 14.8 Å². The third-order valence-electron chi connectivity index (χ3n) is 9.80. The van der Waals surface area contributed by atoms with Crippen molar-refractivity contribution in [3.63, 3.8) is 0 Å². The van der Waals surface area contributed by atoms with Gasteiger partial charge in [0.15, 0.2) is 0 Å². The van der Waals surface area contributed by atoms with E-state index in [1.807, 2.05) is 12.3 Å². The lowest BCUT2D eigenvalue weighted by molar-refractivity contribution is 0.481. The van der Waals surface area contributed by atoms with Crippen LogP contribution in [0.15, 0.2) is 91.1 Å². The van der Waals surface area contributed by atoms with Gasteiger partial charge in [0.05, 0.1) is 28.1 Å². The zero-order valence-corrected chi connectivity index (χ0v) is 31.1. The summed E-state index contributed by atoms with van der Waals surface area (Å²) in [6, 6.07) is 30.3. The quantitative estimate of drug-likeness (QED) is 0.163. The summed E-state index contributed by atoms with van der Waals surface area (Å²) in [5.41, 5.74) is 14.4. The highest BCUT2D eigenvalue weighted by Gasteiger charge is 2.27. The lowest BCUT2D eigenvalue weighted by Gasteiger charge is -2.19. The van der Waals surface area contributed by atoms with Crippen LogP contribution in [-0.4, -0.2) is 19.3 Å². The van der Waals surface area contributed by atoms with Gasteiger partial charge < -0.3 is 4.74 Å². The smallest absolute Gasteiger partial charge is 0.137 e. The number of para-hydroxylation sites is 1. The highest BCUT2D eigenvalue weighted by molar-refractivity contribution is 6.09. The van der Waals surface area contributed by atoms with E-state index >= 15 is 0 Å². The molecule has 7 rings (SSSR count). The van der Waals surface area contributed by atoms with Crippen LogP contribution < -0.4 is 4.74 Å². The van der Waals surface area contributed by atoms with Crippen molar-refractivity contribution in [3.05, 3.63) is 130 Å². The molecule has 254 valence electrons. The van der Waals surface area contributed by atoms with Crippen LogP contribution in [0.5, 0.6) is 11.5 Å². The molecule has 0 bridgehead atoms. The van der Waals surface area contributed by atoms with Crippen molar-refractivity contribution in [3.8, 4) is 34.1 Å². The average molecular weight is 661 g/mol. The van der Waals surface area contributed by atoms with Gasteiger partial charge in [-0.1, -0.05) is 77.4 Å². The number of aryl methyl sites for hydroxylation is 4. The molecule has 0 spiro atoms. The molecule has 0 unspecified atom stereocenters. The number of ether oxygens (including phenoxy) is 1. The second kappa shape index (κ2) is 12.9. The second-order valence-electron chi connectivity index (χ2n) is 14.9. The molecular formula is C45H48N4O. The minimum Gasteiger partial charge on any atom is -0.457 e. The van der Waals surface area contributed by atoms with E-state index < -0.39 is 0 Å². The van der Waals surface area contributed by atoms with E-state index in [1.165, 1.54) is 55.4 Å². The summed E-state index contributed by atoms with van der Waals surface area (Å²) in [6.07, 6.45) is 1.88. The summed E-state index contributed by atoms with van der Waals surface area (Å²) < 4.78 is 11.2. The largest absolute Gasteiger partial charge is 0.457 e. The van der Waals surface area contributed by atoms with Crippen LogP contribution in [0.3, 0.4) is 0 Å². The maximum Gasteiger partial charge on any atom is 0.137 e. The zero-order valence-electron chi connectivity index (χ0n) is 31.1. The summed E-state index contributed by atoms with van der Waals surface area (Å²) in [5, 5.41) is 7.76. The normalized spacial score (nSPS) is 11.9. The molecule has 5 heteroatoms. The number of nitrogens with zero attached hydrogens (tertiary/aromatic N) is 4. The van der Waals surface area contributed by atoms with Crippen molar-refractivity contribution in [2.24, 2.45) is 0 Å². The van der Waals surface area contributed by atoms with Gasteiger partial charge in [-0.05, 0) is 116 Å². The number of fused-ring (bicyclic) bond motifs is 3. The lowest BCUT2D eigenvalue weighted by atomic mass is 9.87. The fourth-order valence-corrected chi connectivity index (χ4v) is 7.57. The van der Waals surface area contributed by atoms with E-state index in [0.29, 0.717) is 5.92 Å². The first-order valence-electron chi connectivity index (χ1n) is 17.9. The molecule has 0 N–H and O–H groups in total. The highest BCUT2D eigenvalue weighted by Crippen LogP contribution is 2.42. The highest BCUT2D eigenvalue weighted by atomic mass is 16.5. The summed E-state index contributed by atoms with van der Waals surface area (Å²) in [5.74, 6) is 3.28. The fourth-order valence-electron chi connectivity index (χ4n) is 7.57. The van der Waals surface area contributed by atoms with Gasteiger partial charge in [-0.3, -0.25) is 4.57 Å². The number of pyridine rings is 1. The summed E-state index contributed by atoms with van der Waals surface area (Å²) in [4.78, 5) is 4.77. The standard InChI is InChI=1S/C45H48N4O/c1-26(2)33-22-34(49-45(28(5)6)43(44(47-49)27(3)4)42-31(9)19-30(8)20-32(42)10)24-36(23-33)50-35-15-16-38-37-13-11-12-14-39(37)48(40(38)25-35)41-21-29(7)17-18-46-41/h11-28H,1-10H3. The average Bonchev–Trinajstić information content (AvgIpc) is 3.61. The molecule has 4 aromatic carbocycles. The Morgan fingerprint density at radius 2 is 1.32 bits per heavy atom. The Morgan fingerprint density at radius 1 is 0.600 bits per heavy atom. The van der Waals surface area contributed by atoms with Gasteiger partial charge in [0, 0.05) is 34.7 Å². The van der Waals surface area contributed by atoms with Gasteiger partial charge in [0.25, 0.3) is 0 Å². The molecule has 3 aromatic heterocycles. The Hall–Kier alpha value is -5.16. The van der Waals surface area contributed by atoms with Crippen LogP contribution in [0.4, 0.5) is 0 Å². The Labute approximate surface area is 296 Å². The molecule has 0 aliphatic carbocycles. The van der Waals surface area contributed by atoms with Crippen LogP contribution in [0.2, 0.25) is 0 Å². The van der Waals surface area contributed by atoms with Crippen LogP contribution in [0, 0.1) is 27.7 Å². The molecular weight excluding hydrogens is 613 g/mol. The maximum atomic E-state index is 6.80. The molecule has 0 saturated carbocycles. The lowest BCUT2D eigenvalue weighted by Crippen LogP contribution is -2.06. The third-order valence-corrected chi connectivity index (χ3v) is 9.80. The Morgan fingerprint density at radius 3 is 2.00 bits per heavy atom. The molecule has 5 nitrogen and oxygen atoms in total. The number of hydrogen-bond donors (Lipinski definition) is 0. The Kier molecular flexibility index (Phi) is 8.63. The Bertz CT molecular complexity index is 2360. The van der Waals surface area contributed by atoms with Gasteiger partial charge in [-0.2, -0.15) is 5.10 Å². The molecule has 0 aliphatic heterocycles. The van der Waals surface area contributed by atoms with Crippen molar-refractivity contribution in [1.29, 1.82) is 0 Å². The summed E-state index contributed by atoms with van der Waals surface area (Å²) in [7, 11) is 0. The molecule has 0 saturated heterocycles. The maximum absolute atomic E-state index is 6.80. The monoisotopic (exact) mass is 660 g/mol. The van der Waals surface area contributed by atoms with Crippen LogP contribution >= 0.6 is 0 Å². The van der Waals surface area contributed by atoms with Crippen molar-refractivity contribution in [2.75, 3.05) is 0 Å². The zero-order chi connectivity index (χ0) is 35.4. The topological polar surface area (TPSA) is 44.9 Å². The van der Waals surface area contributed by atoms with E-state index in [1.54, 1.807) is 0 Å². The minimum absolute atomic E-state index is 0.247. The number of benzene rings is 4. The number of hydrogen-bond acceptors (Lipinski definition) is 3. The van der Waals surface area contributed by atoms with Crippen molar-refractivity contribution >= 4 is 21.8 Å². The Balaban J connectivity index is 1.39. The van der Waals surface area contributed by atoms with Gasteiger partial charge >= 0.3 is 0 Å². The molecule has 3 heterocycles. The van der Waals surface area contributed by atoms with E-state index in [-0.39, 0.29) is 11.8 Å². The molecule has 0 aliphatic rings. The molecule has 0 radical (unpaired) electrons. The van der Waals surface area contributed by atoms with Gasteiger partial charge in [0.2, 0.25) is 0 Å². The van der Waals surface area contributed by atoms with E-state index in [0.717, 1.165) is 39.7 Å². The fraction of sp³-hybridized carbons (Fsp3) is 0.289. The van der Waals surface area contributed by atoms with Crippen molar-refractivity contribution in [1.82, 2.24) is 19.3 Å². The predicted molar refractivity (Wildman–Crippen MR) is 209 cm³/mol. The number of rotatable bonds is 8. The molecule has 50 heavy (non-hydrogen) atoms. The molecule has 0 fully saturated rings. The van der Waals surface area contributed by atoms with Crippen molar-refractivity contribution in [2.45, 2.75) is 87.0 Å². The summed E-state index contributed by atoms with van der Waals surface area (Å²) in [6.45, 7) is 22.3. The van der Waals surface area contributed by atoms with Crippen LogP contribution in [0.25, 0.3) is 44.4 Å². The first-order valence-corrected chi connectivity index (χ1v) is 17.9. The van der Waals surface area contributed by atoms with Crippen molar-refractivity contribution < 1.29 is 4.74 Å². The van der Waals surface area contributed by atoms with Gasteiger partial charge in [0.1, 0.15) is 17.3 Å². The molecule has 7 aromatic rings. The van der Waals surface area contributed by atoms with Crippen LogP contribution in [-0.2, 0) is 0 Å². The predicted octanol–water partition coefficient (Wildman–Crippen LogP) is 12.4. The molecule has 0 amide bonds. The van der Waals surface area contributed by atoms with E-state index in [2.05, 4.69) is 157 Å². The SMILES string of the molecule is Cc1ccnc(-n2c3ccccc3c3ccc(Oc4cc(C(C)C)cc(-n5nc(C(C)C)c(-c6c(C)cc(C)cc6C)c5C(C)C)c4)cc32)c1. The van der Waals surface area contributed by atoms with Gasteiger partial charge in [-0.15, -0.1) is 0 Å². The minimum atomic E-state index is 0.247. The second-order valence-corrected chi connectivity index (χ2v) is 14.9. The van der Waals surface area contributed by atoms with Crippen LogP contribution in [0.1, 0.15) is 98.5 Å². The third kappa shape index (κ3) is 5.89. The van der Waals surface area contributed by atoms with E-state index in [9.17, 15) is 0 Å². The first kappa shape index (κ1) is 33.3.